The van der Waals surface area contributed by atoms with Crippen molar-refractivity contribution in [2.24, 2.45) is 5.92 Å². The monoisotopic (exact) mass is 486 g/mol. The number of nitro benzene ring substituents is 1. The van der Waals surface area contributed by atoms with E-state index in [9.17, 15) is 28.1 Å². The molecular formula is C23H26N4O6S. The fourth-order valence-corrected chi connectivity index (χ4v) is 6.09. The first-order valence-electron chi connectivity index (χ1n) is 11.0. The Morgan fingerprint density at radius 2 is 1.76 bits per heavy atom. The molecule has 0 aliphatic carbocycles. The van der Waals surface area contributed by atoms with E-state index in [0.29, 0.717) is 18.7 Å². The summed E-state index contributed by atoms with van der Waals surface area (Å²) in [6.45, 7) is 2.98. The maximum absolute atomic E-state index is 13.1. The van der Waals surface area contributed by atoms with Crippen molar-refractivity contribution in [3.63, 3.8) is 0 Å². The first kappa shape index (κ1) is 23.8. The Morgan fingerprint density at radius 1 is 1.09 bits per heavy atom. The zero-order chi connectivity index (χ0) is 24.5. The standard InChI is InChI=1S/C23H26N4O6S/c1-17-7-8-20(27(30)31)14-21(17)34(32,33)26-11-9-24(10-12-26)23(29)19-13-22(28)25(16-19)15-18-5-3-2-4-6-18/h2-8,14,19H,9-13,15-16H2,1H3. The summed E-state index contributed by atoms with van der Waals surface area (Å²) in [7, 11) is -3.94. The van der Waals surface area contributed by atoms with Gasteiger partial charge in [-0.25, -0.2) is 8.42 Å². The molecular weight excluding hydrogens is 460 g/mol. The third-order valence-electron chi connectivity index (χ3n) is 6.33. The average Bonchev–Trinajstić information content (AvgIpc) is 3.19. The van der Waals surface area contributed by atoms with Crippen LogP contribution in [-0.2, 0) is 26.2 Å². The van der Waals surface area contributed by atoms with E-state index in [1.165, 1.54) is 16.4 Å². The summed E-state index contributed by atoms with van der Waals surface area (Å²) in [5.74, 6) is -0.657. The predicted octanol–water partition coefficient (Wildman–Crippen LogP) is 1.78. The molecule has 4 rings (SSSR count). The van der Waals surface area contributed by atoms with E-state index in [0.717, 1.165) is 11.6 Å². The third kappa shape index (κ3) is 4.80. The lowest BCUT2D eigenvalue weighted by molar-refractivity contribution is -0.385. The summed E-state index contributed by atoms with van der Waals surface area (Å²) in [4.78, 5) is 39.1. The average molecular weight is 487 g/mol. The van der Waals surface area contributed by atoms with Gasteiger partial charge in [-0.05, 0) is 18.1 Å². The number of amides is 2. The highest BCUT2D eigenvalue weighted by molar-refractivity contribution is 7.89. The molecule has 2 amide bonds. The van der Waals surface area contributed by atoms with E-state index >= 15 is 0 Å². The van der Waals surface area contributed by atoms with Crippen LogP contribution < -0.4 is 0 Å². The summed E-state index contributed by atoms with van der Waals surface area (Å²) in [6, 6.07) is 13.4. The predicted molar refractivity (Wildman–Crippen MR) is 123 cm³/mol. The number of hydrogen-bond acceptors (Lipinski definition) is 6. The smallest absolute Gasteiger partial charge is 0.270 e. The van der Waals surface area contributed by atoms with Crippen molar-refractivity contribution < 1.29 is 22.9 Å². The van der Waals surface area contributed by atoms with Gasteiger partial charge in [-0.15, -0.1) is 0 Å². The van der Waals surface area contributed by atoms with Gasteiger partial charge in [0.2, 0.25) is 21.8 Å². The minimum absolute atomic E-state index is 0.0652. The molecule has 2 fully saturated rings. The zero-order valence-corrected chi connectivity index (χ0v) is 19.6. The van der Waals surface area contributed by atoms with E-state index < -0.39 is 20.9 Å². The number of sulfonamides is 1. The molecule has 11 heteroatoms. The molecule has 180 valence electrons. The largest absolute Gasteiger partial charge is 0.340 e. The number of non-ortho nitro benzene ring substituents is 1. The van der Waals surface area contributed by atoms with Gasteiger partial charge in [0.15, 0.2) is 0 Å². The lowest BCUT2D eigenvalue weighted by Gasteiger charge is -2.35. The van der Waals surface area contributed by atoms with Crippen LogP contribution in [0.2, 0.25) is 0 Å². The van der Waals surface area contributed by atoms with Gasteiger partial charge in [-0.1, -0.05) is 36.4 Å². The molecule has 0 saturated carbocycles. The van der Waals surface area contributed by atoms with Crippen LogP contribution in [0.25, 0.3) is 0 Å². The summed E-state index contributed by atoms with van der Waals surface area (Å²) >= 11 is 0. The number of nitro groups is 1. The number of nitrogens with zero attached hydrogens (tertiary/aromatic N) is 4. The van der Waals surface area contributed by atoms with Crippen molar-refractivity contribution in [1.29, 1.82) is 0 Å². The number of carbonyl (C=O) groups excluding carboxylic acids is 2. The Bertz CT molecular complexity index is 1210. The van der Waals surface area contributed by atoms with Crippen LogP contribution >= 0.6 is 0 Å². The highest BCUT2D eigenvalue weighted by Gasteiger charge is 2.38. The summed E-state index contributed by atoms with van der Waals surface area (Å²) in [5, 5.41) is 11.1. The number of rotatable bonds is 6. The Kier molecular flexibility index (Phi) is 6.67. The van der Waals surface area contributed by atoms with Gasteiger partial charge < -0.3 is 9.80 Å². The molecule has 0 radical (unpaired) electrons. The van der Waals surface area contributed by atoms with Crippen LogP contribution in [0, 0.1) is 23.0 Å². The van der Waals surface area contributed by atoms with Gasteiger partial charge in [0.1, 0.15) is 0 Å². The SMILES string of the molecule is Cc1ccc([N+](=O)[O-])cc1S(=O)(=O)N1CCN(C(=O)C2CC(=O)N(Cc3ccccc3)C2)CC1. The van der Waals surface area contributed by atoms with E-state index in [1.807, 2.05) is 30.3 Å². The molecule has 2 aromatic carbocycles. The van der Waals surface area contributed by atoms with E-state index in [-0.39, 0.29) is 55.0 Å². The highest BCUT2D eigenvalue weighted by atomic mass is 32.2. The topological polar surface area (TPSA) is 121 Å². The Balaban J connectivity index is 1.38. The van der Waals surface area contributed by atoms with E-state index in [1.54, 1.807) is 16.7 Å². The molecule has 34 heavy (non-hydrogen) atoms. The molecule has 1 atom stereocenters. The lowest BCUT2D eigenvalue weighted by atomic mass is 10.1. The van der Waals surface area contributed by atoms with Crippen LogP contribution in [0.5, 0.6) is 0 Å². The van der Waals surface area contributed by atoms with Crippen molar-refractivity contribution in [3.8, 4) is 0 Å². The van der Waals surface area contributed by atoms with Crippen molar-refractivity contribution in [2.75, 3.05) is 32.7 Å². The fourth-order valence-electron chi connectivity index (χ4n) is 4.42. The quantitative estimate of drug-likeness (QED) is 0.453. The van der Waals surface area contributed by atoms with Gasteiger partial charge in [-0.2, -0.15) is 4.31 Å². The Hall–Kier alpha value is -3.31. The molecule has 2 aliphatic rings. The summed E-state index contributed by atoms with van der Waals surface area (Å²) < 4.78 is 27.5. The van der Waals surface area contributed by atoms with E-state index in [4.69, 9.17) is 0 Å². The van der Waals surface area contributed by atoms with Gasteiger partial charge in [-0.3, -0.25) is 19.7 Å². The number of hydrogen-bond donors (Lipinski definition) is 0. The molecule has 0 bridgehead atoms. The number of piperazine rings is 1. The highest BCUT2D eigenvalue weighted by Crippen LogP contribution is 2.27. The van der Waals surface area contributed by atoms with Crippen LogP contribution in [0.4, 0.5) is 5.69 Å². The van der Waals surface area contributed by atoms with Gasteiger partial charge in [0.25, 0.3) is 5.69 Å². The molecule has 0 N–H and O–H groups in total. The lowest BCUT2D eigenvalue weighted by Crippen LogP contribution is -2.52. The molecule has 0 spiro atoms. The van der Waals surface area contributed by atoms with Crippen LogP contribution in [0.3, 0.4) is 0 Å². The Labute approximate surface area is 198 Å². The number of carbonyl (C=O) groups is 2. The van der Waals surface area contributed by atoms with E-state index in [2.05, 4.69) is 0 Å². The first-order valence-corrected chi connectivity index (χ1v) is 12.5. The maximum atomic E-state index is 13.1. The van der Waals surface area contributed by atoms with Gasteiger partial charge in [0, 0.05) is 57.8 Å². The molecule has 2 aromatic rings. The number of benzene rings is 2. The third-order valence-corrected chi connectivity index (χ3v) is 8.37. The van der Waals surface area contributed by atoms with Gasteiger partial charge >= 0.3 is 0 Å². The molecule has 2 aliphatic heterocycles. The van der Waals surface area contributed by atoms with Crippen molar-refractivity contribution in [3.05, 3.63) is 69.8 Å². The summed E-state index contributed by atoms with van der Waals surface area (Å²) in [5.41, 5.74) is 1.13. The fraction of sp³-hybridized carbons (Fsp3) is 0.391. The molecule has 10 nitrogen and oxygen atoms in total. The molecule has 2 saturated heterocycles. The second kappa shape index (κ2) is 9.51. The minimum atomic E-state index is -3.94. The van der Waals surface area contributed by atoms with Crippen LogP contribution in [0.15, 0.2) is 53.4 Å². The van der Waals surface area contributed by atoms with Crippen molar-refractivity contribution >= 4 is 27.5 Å². The van der Waals surface area contributed by atoms with Gasteiger partial charge in [0.05, 0.1) is 15.7 Å². The second-order valence-corrected chi connectivity index (χ2v) is 10.5. The first-order chi connectivity index (χ1) is 16.2. The summed E-state index contributed by atoms with van der Waals surface area (Å²) in [6.07, 6.45) is 0.150. The molecule has 0 aromatic heterocycles. The van der Waals surface area contributed by atoms with Crippen molar-refractivity contribution in [1.82, 2.24) is 14.1 Å². The molecule has 2 heterocycles. The second-order valence-electron chi connectivity index (χ2n) is 8.60. The molecule has 1 unspecified atom stereocenters. The number of aryl methyl sites for hydroxylation is 1. The normalized spacial score (nSPS) is 19.4. The minimum Gasteiger partial charge on any atom is -0.340 e. The van der Waals surface area contributed by atoms with Crippen molar-refractivity contribution in [2.45, 2.75) is 24.8 Å². The zero-order valence-electron chi connectivity index (χ0n) is 18.8. The maximum Gasteiger partial charge on any atom is 0.270 e. The van der Waals surface area contributed by atoms with Crippen LogP contribution in [0.1, 0.15) is 17.5 Å². The number of likely N-dealkylation sites (tertiary alicyclic amines) is 1. The van der Waals surface area contributed by atoms with Crippen LogP contribution in [-0.4, -0.2) is 72.0 Å². The Morgan fingerprint density at radius 3 is 2.41 bits per heavy atom.